The summed E-state index contributed by atoms with van der Waals surface area (Å²) in [5.74, 6) is 0. The number of hydrogen-bond donors (Lipinski definition) is 0. The second-order valence-corrected chi connectivity index (χ2v) is 1.54. The van der Waals surface area contributed by atoms with Crippen LogP contribution in [0.1, 0.15) is 0 Å². The largest absolute Gasteiger partial charge is 0 e. The SMILES string of the molecule is C=C[C](=O)[Au].[Al]. The fourth-order valence-corrected chi connectivity index (χ4v) is 0. The van der Waals surface area contributed by atoms with Crippen molar-refractivity contribution in [2.24, 2.45) is 0 Å². The molecule has 0 N–H and O–H groups in total. The monoisotopic (exact) mass is 279 g/mol. The molecule has 1 nitrogen and oxygen atoms in total. The molecule has 0 amide bonds. The molecule has 0 aliphatic heterocycles. The van der Waals surface area contributed by atoms with Gasteiger partial charge in [-0.05, 0) is 0 Å². The Hall–Kier alpha value is 0.683. The molecule has 0 aliphatic carbocycles. The van der Waals surface area contributed by atoms with Crippen molar-refractivity contribution in [2.45, 2.75) is 0 Å². The van der Waals surface area contributed by atoms with Gasteiger partial charge in [-0.25, -0.2) is 0 Å². The summed E-state index contributed by atoms with van der Waals surface area (Å²) in [6.07, 6.45) is 1.25. The molecule has 6 heavy (non-hydrogen) atoms. The molecule has 0 atom stereocenters. The first-order chi connectivity index (χ1) is 2.27. The molecule has 0 aromatic rings. The van der Waals surface area contributed by atoms with Gasteiger partial charge in [-0.3, -0.25) is 0 Å². The number of carbonyl (C=O) groups is 1. The van der Waals surface area contributed by atoms with E-state index in [4.69, 9.17) is 0 Å². The van der Waals surface area contributed by atoms with Crippen LogP contribution in [-0.4, -0.2) is 21.4 Å². The zero-order valence-electron chi connectivity index (χ0n) is 3.07. The molecule has 0 rings (SSSR count). The number of rotatable bonds is 1. The van der Waals surface area contributed by atoms with E-state index in [1.165, 1.54) is 6.08 Å². The van der Waals surface area contributed by atoms with Gasteiger partial charge in [0.05, 0.1) is 0 Å². The van der Waals surface area contributed by atoms with Gasteiger partial charge in [-0.2, -0.15) is 0 Å². The minimum absolute atomic E-state index is 0. The smallest absolute Gasteiger partial charge is 0 e. The van der Waals surface area contributed by atoms with Gasteiger partial charge in [0.25, 0.3) is 0 Å². The molecule has 3 heteroatoms. The molecule has 0 aromatic heterocycles. The van der Waals surface area contributed by atoms with Crippen molar-refractivity contribution in [3.63, 3.8) is 0 Å². The Balaban J connectivity index is 0. The molecule has 0 fully saturated rings. The Kier molecular flexibility index (Phi) is 9.32. The van der Waals surface area contributed by atoms with Crippen LogP contribution < -0.4 is 0 Å². The molecular formula is C3H3AlAuO. The van der Waals surface area contributed by atoms with Crippen molar-refractivity contribution in [2.75, 3.05) is 0 Å². The van der Waals surface area contributed by atoms with E-state index >= 15 is 0 Å². The predicted molar refractivity (Wildman–Crippen MR) is 21.0 cm³/mol. The van der Waals surface area contributed by atoms with E-state index in [2.05, 4.69) is 6.58 Å². The first-order valence-electron chi connectivity index (χ1n) is 1.05. The summed E-state index contributed by atoms with van der Waals surface area (Å²) in [6, 6.07) is 0. The van der Waals surface area contributed by atoms with Gasteiger partial charge in [0.1, 0.15) is 0 Å². The number of hydrogen-bond acceptors (Lipinski definition) is 1. The second-order valence-electron chi connectivity index (χ2n) is 0.471. The minimum atomic E-state index is -0.0370. The first-order valence-corrected chi connectivity index (χ1v) is 2.14. The van der Waals surface area contributed by atoms with Crippen LogP contribution in [0, 0.1) is 0 Å². The van der Waals surface area contributed by atoms with Crippen LogP contribution in [0.2, 0.25) is 0 Å². The van der Waals surface area contributed by atoms with Crippen molar-refractivity contribution in [3.8, 4) is 0 Å². The van der Waals surface area contributed by atoms with Crippen molar-refractivity contribution >= 4 is 21.4 Å². The third-order valence-corrected chi connectivity index (χ3v) is 0.587. The molecule has 0 unspecified atom stereocenters. The van der Waals surface area contributed by atoms with Gasteiger partial charge in [-0.15, -0.1) is 0 Å². The van der Waals surface area contributed by atoms with Crippen LogP contribution >= 0.6 is 0 Å². The molecule has 3 radical (unpaired) electrons. The average Bonchev–Trinajstić information content (AvgIpc) is 1.38. The van der Waals surface area contributed by atoms with E-state index < -0.39 is 0 Å². The summed E-state index contributed by atoms with van der Waals surface area (Å²) in [5.41, 5.74) is 0. The van der Waals surface area contributed by atoms with Crippen LogP contribution in [0.25, 0.3) is 0 Å². The Morgan fingerprint density at radius 3 is 2.00 bits per heavy atom. The van der Waals surface area contributed by atoms with E-state index in [0.717, 1.165) is 0 Å². The van der Waals surface area contributed by atoms with E-state index in [-0.39, 0.29) is 21.4 Å². The molecule has 35 valence electrons. The van der Waals surface area contributed by atoms with Crippen LogP contribution in [0.15, 0.2) is 12.7 Å². The van der Waals surface area contributed by atoms with Crippen LogP contribution in [0.4, 0.5) is 0 Å². The molecule has 0 heterocycles. The number of allylic oxidation sites excluding steroid dienone is 1. The van der Waals surface area contributed by atoms with Gasteiger partial charge in [0.2, 0.25) is 0 Å². The van der Waals surface area contributed by atoms with Gasteiger partial charge < -0.3 is 0 Å². The molecule has 0 aromatic carbocycles. The Morgan fingerprint density at radius 2 is 2.00 bits per heavy atom. The van der Waals surface area contributed by atoms with Crippen molar-refractivity contribution in [1.82, 2.24) is 0 Å². The van der Waals surface area contributed by atoms with Gasteiger partial charge in [-0.1, -0.05) is 0 Å². The molecule has 0 bridgehead atoms. The summed E-state index contributed by atoms with van der Waals surface area (Å²) >= 11 is 1.81. The van der Waals surface area contributed by atoms with Gasteiger partial charge in [0, 0.05) is 17.4 Å². The third kappa shape index (κ3) is 8.82. The predicted octanol–water partition coefficient (Wildman–Crippen LogP) is -0.135. The molecular weight excluding hydrogens is 276 g/mol. The standard InChI is InChI=1S/C3H3O.Al.Au/c1-2-3-4;;/h2H,1H2;;. The van der Waals surface area contributed by atoms with Crippen molar-refractivity contribution in [1.29, 1.82) is 0 Å². The van der Waals surface area contributed by atoms with Gasteiger partial charge in [0.15, 0.2) is 0 Å². The fraction of sp³-hybridized carbons (Fsp3) is 0. The zero-order valence-corrected chi connectivity index (χ0v) is 6.39. The van der Waals surface area contributed by atoms with Crippen LogP contribution in [0.5, 0.6) is 0 Å². The van der Waals surface area contributed by atoms with Crippen LogP contribution in [0.3, 0.4) is 0 Å². The average molecular weight is 279 g/mol. The summed E-state index contributed by atoms with van der Waals surface area (Å²) in [4.78, 5) is 9.67. The number of carbonyl (C=O) groups excluding carboxylic acids is 1. The maximum Gasteiger partial charge on any atom is 0 e. The maximum absolute atomic E-state index is 9.67. The maximum atomic E-state index is 9.67. The van der Waals surface area contributed by atoms with Gasteiger partial charge >= 0.3 is 42.5 Å². The summed E-state index contributed by atoms with van der Waals surface area (Å²) in [5, 5.41) is 0. The summed E-state index contributed by atoms with van der Waals surface area (Å²) < 4.78 is -0.0370. The zero-order chi connectivity index (χ0) is 4.28. The van der Waals surface area contributed by atoms with Crippen molar-refractivity contribution < 1.29 is 25.9 Å². The van der Waals surface area contributed by atoms with Crippen LogP contribution in [-0.2, 0) is 25.9 Å². The first kappa shape index (κ1) is 9.84. The molecule has 0 saturated carbocycles. The minimum Gasteiger partial charge on any atom is 0 e. The summed E-state index contributed by atoms with van der Waals surface area (Å²) in [7, 11) is 0. The quantitative estimate of drug-likeness (QED) is 0.482. The molecule has 0 aliphatic rings. The van der Waals surface area contributed by atoms with E-state index in [1.54, 1.807) is 21.1 Å². The van der Waals surface area contributed by atoms with E-state index in [9.17, 15) is 4.79 Å². The summed E-state index contributed by atoms with van der Waals surface area (Å²) in [6.45, 7) is 3.20. The third-order valence-electron chi connectivity index (χ3n) is 0.145. The molecule has 0 saturated heterocycles. The van der Waals surface area contributed by atoms with E-state index in [0.29, 0.717) is 0 Å². The topological polar surface area (TPSA) is 17.1 Å². The Bertz CT molecular complexity index is 61.8. The Morgan fingerprint density at radius 1 is 1.83 bits per heavy atom. The Labute approximate surface area is 59.8 Å². The normalized spacial score (nSPS) is 5.67. The fourth-order valence-electron chi connectivity index (χ4n) is 0. The van der Waals surface area contributed by atoms with E-state index in [1.807, 2.05) is 0 Å². The second kappa shape index (κ2) is 5.68. The van der Waals surface area contributed by atoms with Crippen molar-refractivity contribution in [3.05, 3.63) is 12.7 Å². The molecule has 0 spiro atoms.